The van der Waals surface area contributed by atoms with E-state index < -0.39 is 10.0 Å². The van der Waals surface area contributed by atoms with Gasteiger partial charge in [-0.1, -0.05) is 18.2 Å². The molecular formula is C15H18N2O3S. The van der Waals surface area contributed by atoms with Gasteiger partial charge < -0.3 is 10.5 Å². The summed E-state index contributed by atoms with van der Waals surface area (Å²) >= 11 is 0. The molecule has 0 bridgehead atoms. The molecule has 0 radical (unpaired) electrons. The third-order valence-corrected chi connectivity index (χ3v) is 5.91. The van der Waals surface area contributed by atoms with Gasteiger partial charge in [0, 0.05) is 24.7 Å². The number of nitrogen functional groups attached to an aromatic ring is 1. The lowest BCUT2D eigenvalue weighted by Gasteiger charge is -2.23. The van der Waals surface area contributed by atoms with Crippen molar-refractivity contribution in [3.05, 3.63) is 36.4 Å². The fraction of sp³-hybridized carbons (Fsp3) is 0.333. The summed E-state index contributed by atoms with van der Waals surface area (Å²) in [5, 5.41) is 1.52. The second kappa shape index (κ2) is 5.29. The summed E-state index contributed by atoms with van der Waals surface area (Å²) in [5.41, 5.74) is 6.39. The first-order valence-electron chi connectivity index (χ1n) is 6.84. The minimum absolute atomic E-state index is 0.0981. The monoisotopic (exact) mass is 306 g/mol. The Morgan fingerprint density at radius 3 is 2.81 bits per heavy atom. The van der Waals surface area contributed by atoms with Gasteiger partial charge in [-0.3, -0.25) is 0 Å². The molecule has 2 aromatic rings. The first-order chi connectivity index (χ1) is 10.00. The van der Waals surface area contributed by atoms with E-state index in [9.17, 15) is 8.42 Å². The molecule has 1 heterocycles. The quantitative estimate of drug-likeness (QED) is 0.878. The largest absolute Gasteiger partial charge is 0.399 e. The fourth-order valence-corrected chi connectivity index (χ4v) is 4.24. The van der Waals surface area contributed by atoms with E-state index in [0.29, 0.717) is 29.2 Å². The number of sulfonamides is 1. The standard InChI is InChI=1S/C15H18N2O3S/c1-17(13-7-8-20-10-13)21(18,19)15-4-2-3-11-9-12(16)5-6-14(11)15/h2-6,9,13H,7-8,10,16H2,1H3. The Morgan fingerprint density at radius 1 is 1.29 bits per heavy atom. The average molecular weight is 306 g/mol. The molecule has 0 saturated carbocycles. The van der Waals surface area contributed by atoms with E-state index in [1.165, 1.54) is 4.31 Å². The number of benzene rings is 2. The minimum Gasteiger partial charge on any atom is -0.399 e. The number of nitrogens with two attached hydrogens (primary N) is 1. The van der Waals surface area contributed by atoms with Crippen molar-refractivity contribution in [2.24, 2.45) is 0 Å². The van der Waals surface area contributed by atoms with E-state index in [1.807, 2.05) is 6.07 Å². The number of rotatable bonds is 3. The lowest BCUT2D eigenvalue weighted by Crippen LogP contribution is -2.37. The molecule has 21 heavy (non-hydrogen) atoms. The second-order valence-electron chi connectivity index (χ2n) is 5.28. The Kier molecular flexibility index (Phi) is 3.61. The van der Waals surface area contributed by atoms with Gasteiger partial charge in [0.05, 0.1) is 17.5 Å². The van der Waals surface area contributed by atoms with Crippen LogP contribution >= 0.6 is 0 Å². The zero-order chi connectivity index (χ0) is 15.0. The van der Waals surface area contributed by atoms with Crippen LogP contribution in [0, 0.1) is 0 Å². The summed E-state index contributed by atoms with van der Waals surface area (Å²) < 4.78 is 32.4. The fourth-order valence-electron chi connectivity index (χ4n) is 2.66. The second-order valence-corrected chi connectivity index (χ2v) is 7.24. The molecule has 112 valence electrons. The van der Waals surface area contributed by atoms with Crippen LogP contribution in [0.15, 0.2) is 41.3 Å². The third kappa shape index (κ3) is 2.50. The van der Waals surface area contributed by atoms with Gasteiger partial charge in [0.1, 0.15) is 0 Å². The molecule has 0 aromatic heterocycles. The van der Waals surface area contributed by atoms with Crippen LogP contribution in [-0.2, 0) is 14.8 Å². The summed E-state index contributed by atoms with van der Waals surface area (Å²) in [5.74, 6) is 0. The SMILES string of the molecule is CN(C1CCOC1)S(=O)(=O)c1cccc2cc(N)ccc12. The molecule has 1 fully saturated rings. The van der Waals surface area contributed by atoms with Crippen molar-refractivity contribution in [2.75, 3.05) is 26.0 Å². The molecule has 5 nitrogen and oxygen atoms in total. The lowest BCUT2D eigenvalue weighted by molar-refractivity contribution is 0.181. The zero-order valence-corrected chi connectivity index (χ0v) is 12.6. The predicted octanol–water partition coefficient (Wildman–Crippen LogP) is 1.83. The van der Waals surface area contributed by atoms with E-state index in [0.717, 1.165) is 11.8 Å². The van der Waals surface area contributed by atoms with Crippen LogP contribution in [0.4, 0.5) is 5.69 Å². The van der Waals surface area contributed by atoms with Crippen LogP contribution in [0.3, 0.4) is 0 Å². The maximum Gasteiger partial charge on any atom is 0.243 e. The Hall–Kier alpha value is -1.63. The molecule has 0 amide bonds. The highest BCUT2D eigenvalue weighted by Crippen LogP contribution is 2.28. The van der Waals surface area contributed by atoms with E-state index >= 15 is 0 Å². The van der Waals surface area contributed by atoms with Gasteiger partial charge in [-0.2, -0.15) is 4.31 Å². The van der Waals surface area contributed by atoms with Crippen LogP contribution in [0.2, 0.25) is 0 Å². The lowest BCUT2D eigenvalue weighted by atomic mass is 10.1. The molecule has 2 aromatic carbocycles. The van der Waals surface area contributed by atoms with Gasteiger partial charge in [-0.05, 0) is 30.0 Å². The van der Waals surface area contributed by atoms with Crippen LogP contribution in [0.25, 0.3) is 10.8 Å². The van der Waals surface area contributed by atoms with E-state index in [1.54, 1.807) is 37.4 Å². The molecule has 2 N–H and O–H groups in total. The van der Waals surface area contributed by atoms with Crippen molar-refractivity contribution in [2.45, 2.75) is 17.4 Å². The Bertz CT molecular complexity index is 768. The number of hydrogen-bond acceptors (Lipinski definition) is 4. The summed E-state index contributed by atoms with van der Waals surface area (Å²) in [7, 11) is -1.93. The maximum atomic E-state index is 12.9. The molecule has 1 aliphatic rings. The summed E-state index contributed by atoms with van der Waals surface area (Å²) in [4.78, 5) is 0.314. The molecule has 6 heteroatoms. The first kappa shape index (κ1) is 14.3. The Morgan fingerprint density at radius 2 is 2.10 bits per heavy atom. The molecule has 1 atom stereocenters. The number of nitrogens with zero attached hydrogens (tertiary/aromatic N) is 1. The molecule has 1 unspecified atom stereocenters. The molecule has 1 aliphatic heterocycles. The maximum absolute atomic E-state index is 12.9. The number of hydrogen-bond donors (Lipinski definition) is 1. The van der Waals surface area contributed by atoms with Gasteiger partial charge in [-0.25, -0.2) is 8.42 Å². The summed E-state index contributed by atoms with van der Waals surface area (Å²) in [6, 6.07) is 10.4. The topological polar surface area (TPSA) is 72.6 Å². The molecule has 3 rings (SSSR count). The van der Waals surface area contributed by atoms with Crippen molar-refractivity contribution in [1.82, 2.24) is 4.31 Å². The normalized spacial score (nSPS) is 19.4. The highest BCUT2D eigenvalue weighted by molar-refractivity contribution is 7.89. The number of anilines is 1. The van der Waals surface area contributed by atoms with Crippen molar-refractivity contribution in [3.8, 4) is 0 Å². The number of likely N-dealkylation sites (N-methyl/N-ethyl adjacent to an activating group) is 1. The highest BCUT2D eigenvalue weighted by atomic mass is 32.2. The van der Waals surface area contributed by atoms with Gasteiger partial charge in [0.2, 0.25) is 10.0 Å². The number of ether oxygens (including phenoxy) is 1. The summed E-state index contributed by atoms with van der Waals surface area (Å²) in [6.45, 7) is 1.06. The zero-order valence-electron chi connectivity index (χ0n) is 11.8. The molecular weight excluding hydrogens is 288 g/mol. The van der Waals surface area contributed by atoms with Crippen LogP contribution in [-0.4, -0.2) is 39.0 Å². The van der Waals surface area contributed by atoms with E-state index in [4.69, 9.17) is 10.5 Å². The third-order valence-electron chi connectivity index (χ3n) is 3.94. The van der Waals surface area contributed by atoms with Gasteiger partial charge >= 0.3 is 0 Å². The van der Waals surface area contributed by atoms with Gasteiger partial charge in [0.15, 0.2) is 0 Å². The van der Waals surface area contributed by atoms with Gasteiger partial charge in [0.25, 0.3) is 0 Å². The predicted molar refractivity (Wildman–Crippen MR) is 82.5 cm³/mol. The molecule has 0 spiro atoms. The van der Waals surface area contributed by atoms with E-state index in [-0.39, 0.29) is 6.04 Å². The molecule has 1 saturated heterocycles. The first-order valence-corrected chi connectivity index (χ1v) is 8.28. The minimum atomic E-state index is -3.55. The van der Waals surface area contributed by atoms with Crippen LogP contribution in [0.5, 0.6) is 0 Å². The van der Waals surface area contributed by atoms with Crippen LogP contribution in [0.1, 0.15) is 6.42 Å². The van der Waals surface area contributed by atoms with E-state index in [2.05, 4.69) is 0 Å². The number of fused-ring (bicyclic) bond motifs is 1. The van der Waals surface area contributed by atoms with Crippen molar-refractivity contribution in [3.63, 3.8) is 0 Å². The van der Waals surface area contributed by atoms with Crippen LogP contribution < -0.4 is 5.73 Å². The smallest absolute Gasteiger partial charge is 0.243 e. The highest BCUT2D eigenvalue weighted by Gasteiger charge is 2.31. The Balaban J connectivity index is 2.10. The molecule has 0 aliphatic carbocycles. The van der Waals surface area contributed by atoms with Crippen molar-refractivity contribution in [1.29, 1.82) is 0 Å². The Labute approximate surface area is 124 Å². The average Bonchev–Trinajstić information content (AvgIpc) is 2.99. The van der Waals surface area contributed by atoms with Gasteiger partial charge in [-0.15, -0.1) is 0 Å². The van der Waals surface area contributed by atoms with Crippen molar-refractivity contribution >= 4 is 26.5 Å². The summed E-state index contributed by atoms with van der Waals surface area (Å²) in [6.07, 6.45) is 0.730. The van der Waals surface area contributed by atoms with Crippen molar-refractivity contribution < 1.29 is 13.2 Å².